The van der Waals surface area contributed by atoms with E-state index in [0.717, 1.165) is 19.5 Å². The van der Waals surface area contributed by atoms with Crippen LogP contribution in [0.3, 0.4) is 0 Å². The van der Waals surface area contributed by atoms with Crippen molar-refractivity contribution in [3.05, 3.63) is 38.0 Å². The van der Waals surface area contributed by atoms with E-state index in [9.17, 15) is 0 Å². The number of thiazole rings is 1. The van der Waals surface area contributed by atoms with Crippen LogP contribution in [0.1, 0.15) is 27.2 Å². The standard InChI is InChI=1S/C12H16N2S2/c1-3-12-14-7-10(16-12)6-13-8-11-9(2)4-5-15-11/h4-5,7,13H,3,6,8H2,1-2H3. The molecule has 0 unspecified atom stereocenters. The molecule has 0 aromatic carbocycles. The molecule has 86 valence electrons. The van der Waals surface area contributed by atoms with E-state index in [-0.39, 0.29) is 0 Å². The summed E-state index contributed by atoms with van der Waals surface area (Å²) in [6.45, 7) is 6.19. The van der Waals surface area contributed by atoms with Crippen molar-refractivity contribution in [3.8, 4) is 0 Å². The van der Waals surface area contributed by atoms with Crippen molar-refractivity contribution in [1.82, 2.24) is 10.3 Å². The minimum Gasteiger partial charge on any atom is -0.307 e. The SMILES string of the molecule is CCc1ncc(CNCc2sccc2C)s1. The third-order valence-electron chi connectivity index (χ3n) is 2.46. The first-order valence-electron chi connectivity index (χ1n) is 5.47. The van der Waals surface area contributed by atoms with Crippen LogP contribution in [-0.4, -0.2) is 4.98 Å². The highest BCUT2D eigenvalue weighted by Crippen LogP contribution is 2.16. The van der Waals surface area contributed by atoms with Crippen molar-refractivity contribution in [2.45, 2.75) is 33.4 Å². The summed E-state index contributed by atoms with van der Waals surface area (Å²) in [5, 5.41) is 6.84. The van der Waals surface area contributed by atoms with Gasteiger partial charge in [0.15, 0.2) is 0 Å². The minimum absolute atomic E-state index is 0.926. The third-order valence-corrected chi connectivity index (χ3v) is 4.62. The summed E-state index contributed by atoms with van der Waals surface area (Å²) >= 11 is 3.62. The second kappa shape index (κ2) is 5.57. The van der Waals surface area contributed by atoms with Crippen molar-refractivity contribution in [2.24, 2.45) is 0 Å². The predicted octanol–water partition coefficient (Wildman–Crippen LogP) is 3.37. The third kappa shape index (κ3) is 2.90. The van der Waals surface area contributed by atoms with Gasteiger partial charge in [0.2, 0.25) is 0 Å². The molecule has 0 spiro atoms. The number of hydrogen-bond acceptors (Lipinski definition) is 4. The Balaban J connectivity index is 1.82. The molecule has 0 saturated heterocycles. The van der Waals surface area contributed by atoms with Gasteiger partial charge in [0.05, 0.1) is 5.01 Å². The maximum Gasteiger partial charge on any atom is 0.0925 e. The zero-order chi connectivity index (χ0) is 11.4. The number of rotatable bonds is 5. The summed E-state index contributed by atoms with van der Waals surface area (Å²) in [5.74, 6) is 0. The molecule has 0 saturated carbocycles. The molecule has 0 radical (unpaired) electrons. The number of nitrogens with one attached hydrogen (secondary N) is 1. The van der Waals surface area contributed by atoms with Crippen LogP contribution >= 0.6 is 22.7 Å². The lowest BCUT2D eigenvalue weighted by atomic mass is 10.3. The first-order chi connectivity index (χ1) is 7.79. The van der Waals surface area contributed by atoms with Gasteiger partial charge in [0.25, 0.3) is 0 Å². The Morgan fingerprint density at radius 3 is 2.88 bits per heavy atom. The Hall–Kier alpha value is -0.710. The second-order valence-corrected chi connectivity index (χ2v) is 5.90. The average molecular weight is 252 g/mol. The first-order valence-corrected chi connectivity index (χ1v) is 7.16. The van der Waals surface area contributed by atoms with Crippen LogP contribution in [0.5, 0.6) is 0 Å². The van der Waals surface area contributed by atoms with Crippen LogP contribution in [-0.2, 0) is 19.5 Å². The van der Waals surface area contributed by atoms with Gasteiger partial charge in [0, 0.05) is 29.0 Å². The van der Waals surface area contributed by atoms with E-state index < -0.39 is 0 Å². The fraction of sp³-hybridized carbons (Fsp3) is 0.417. The maximum atomic E-state index is 4.35. The topological polar surface area (TPSA) is 24.9 Å². The molecule has 2 heterocycles. The number of hydrogen-bond donors (Lipinski definition) is 1. The van der Waals surface area contributed by atoms with E-state index in [1.54, 1.807) is 11.3 Å². The van der Waals surface area contributed by atoms with Crippen LogP contribution in [0.4, 0.5) is 0 Å². The van der Waals surface area contributed by atoms with Gasteiger partial charge in [0.1, 0.15) is 0 Å². The summed E-state index contributed by atoms with van der Waals surface area (Å²) in [4.78, 5) is 7.10. The predicted molar refractivity (Wildman–Crippen MR) is 71.1 cm³/mol. The lowest BCUT2D eigenvalue weighted by Crippen LogP contribution is -2.11. The van der Waals surface area contributed by atoms with Gasteiger partial charge in [-0.2, -0.15) is 0 Å². The first kappa shape index (κ1) is 11.8. The molecule has 2 nitrogen and oxygen atoms in total. The zero-order valence-electron chi connectivity index (χ0n) is 9.62. The fourth-order valence-electron chi connectivity index (χ4n) is 1.48. The van der Waals surface area contributed by atoms with Crippen molar-refractivity contribution < 1.29 is 0 Å². The summed E-state index contributed by atoms with van der Waals surface area (Å²) in [6, 6.07) is 2.17. The zero-order valence-corrected chi connectivity index (χ0v) is 11.3. The van der Waals surface area contributed by atoms with Gasteiger partial charge < -0.3 is 5.32 Å². The highest BCUT2D eigenvalue weighted by Gasteiger charge is 2.01. The lowest BCUT2D eigenvalue weighted by molar-refractivity contribution is 0.705. The molecule has 16 heavy (non-hydrogen) atoms. The van der Waals surface area contributed by atoms with Crippen molar-refractivity contribution in [3.63, 3.8) is 0 Å². The molecule has 0 aliphatic carbocycles. The normalized spacial score (nSPS) is 10.9. The number of thiophene rings is 1. The molecule has 4 heteroatoms. The molecule has 0 bridgehead atoms. The minimum atomic E-state index is 0.926. The number of nitrogens with zero attached hydrogens (tertiary/aromatic N) is 1. The Morgan fingerprint density at radius 1 is 1.38 bits per heavy atom. The summed E-state index contributed by atoms with van der Waals surface area (Å²) < 4.78 is 0. The number of aromatic nitrogens is 1. The maximum absolute atomic E-state index is 4.35. The Bertz CT molecular complexity index is 445. The number of aryl methyl sites for hydroxylation is 2. The quantitative estimate of drug-likeness (QED) is 0.882. The summed E-state index contributed by atoms with van der Waals surface area (Å²) in [7, 11) is 0. The van der Waals surface area contributed by atoms with Crippen molar-refractivity contribution >= 4 is 22.7 Å². The highest BCUT2D eigenvalue weighted by atomic mass is 32.1. The van der Waals surface area contributed by atoms with Gasteiger partial charge in [-0.3, -0.25) is 0 Å². The summed E-state index contributed by atoms with van der Waals surface area (Å²) in [6.07, 6.45) is 3.02. The molecule has 2 aromatic heterocycles. The van der Waals surface area contributed by atoms with Crippen molar-refractivity contribution in [1.29, 1.82) is 0 Å². The van der Waals surface area contributed by atoms with E-state index in [2.05, 4.69) is 35.6 Å². The van der Waals surface area contributed by atoms with Gasteiger partial charge >= 0.3 is 0 Å². The van der Waals surface area contributed by atoms with E-state index in [1.165, 1.54) is 20.3 Å². The van der Waals surface area contributed by atoms with Crippen LogP contribution in [0.15, 0.2) is 17.6 Å². The molecule has 0 aliphatic rings. The van der Waals surface area contributed by atoms with E-state index in [0.29, 0.717) is 0 Å². The van der Waals surface area contributed by atoms with Crippen LogP contribution < -0.4 is 5.32 Å². The Kier molecular flexibility index (Phi) is 4.09. The fourth-order valence-corrected chi connectivity index (χ4v) is 3.19. The van der Waals surface area contributed by atoms with Gasteiger partial charge in [-0.25, -0.2) is 4.98 Å². The molecular weight excluding hydrogens is 236 g/mol. The van der Waals surface area contributed by atoms with Crippen LogP contribution in [0, 0.1) is 6.92 Å². The van der Waals surface area contributed by atoms with Crippen molar-refractivity contribution in [2.75, 3.05) is 0 Å². The monoisotopic (exact) mass is 252 g/mol. The highest BCUT2D eigenvalue weighted by molar-refractivity contribution is 7.11. The Morgan fingerprint density at radius 2 is 2.25 bits per heavy atom. The van der Waals surface area contributed by atoms with Crippen LogP contribution in [0.25, 0.3) is 0 Å². The van der Waals surface area contributed by atoms with E-state index in [4.69, 9.17) is 0 Å². The Labute approximate surface area is 104 Å². The molecule has 0 amide bonds. The smallest absolute Gasteiger partial charge is 0.0925 e. The van der Waals surface area contributed by atoms with Crippen LogP contribution in [0.2, 0.25) is 0 Å². The molecule has 0 aliphatic heterocycles. The largest absolute Gasteiger partial charge is 0.307 e. The molecule has 2 rings (SSSR count). The molecule has 0 fully saturated rings. The molecule has 2 aromatic rings. The molecular formula is C12H16N2S2. The molecule has 1 N–H and O–H groups in total. The lowest BCUT2D eigenvalue weighted by Gasteiger charge is -2.01. The van der Waals surface area contributed by atoms with Gasteiger partial charge in [-0.05, 0) is 30.4 Å². The van der Waals surface area contributed by atoms with E-state index in [1.807, 2.05) is 17.5 Å². The average Bonchev–Trinajstić information content (AvgIpc) is 2.89. The second-order valence-electron chi connectivity index (χ2n) is 3.70. The van der Waals surface area contributed by atoms with Gasteiger partial charge in [-0.1, -0.05) is 6.92 Å². The summed E-state index contributed by atoms with van der Waals surface area (Å²) in [5.41, 5.74) is 1.39. The van der Waals surface area contributed by atoms with Gasteiger partial charge in [-0.15, -0.1) is 22.7 Å². The van der Waals surface area contributed by atoms with E-state index >= 15 is 0 Å². The molecule has 0 atom stereocenters.